The number of fused-ring (bicyclic) bond motifs is 1. The lowest BCUT2D eigenvalue weighted by molar-refractivity contribution is 0.0956. The van der Waals surface area contributed by atoms with Gasteiger partial charge in [-0.1, -0.05) is 0 Å². The lowest BCUT2D eigenvalue weighted by atomic mass is 9.90. The molecule has 0 spiro atoms. The zero-order valence-corrected chi connectivity index (χ0v) is 10.5. The number of aromatic amines is 1. The van der Waals surface area contributed by atoms with Crippen LogP contribution in [0.2, 0.25) is 0 Å². The van der Waals surface area contributed by atoms with E-state index in [9.17, 15) is 19.8 Å². The van der Waals surface area contributed by atoms with Gasteiger partial charge in [-0.05, 0) is 6.92 Å². The lowest BCUT2D eigenvalue weighted by Gasteiger charge is -2.17. The maximum Gasteiger partial charge on any atom is 0.226 e. The predicted octanol–water partition coefficient (Wildman–Crippen LogP) is -0.0321. The van der Waals surface area contributed by atoms with Crippen molar-refractivity contribution in [2.24, 2.45) is 0 Å². The average molecular weight is 262 g/mol. The highest BCUT2D eigenvalue weighted by molar-refractivity contribution is 6.26. The van der Waals surface area contributed by atoms with Gasteiger partial charge in [-0.3, -0.25) is 9.59 Å². The molecule has 19 heavy (non-hydrogen) atoms. The van der Waals surface area contributed by atoms with Crippen molar-refractivity contribution in [3.8, 4) is 0 Å². The van der Waals surface area contributed by atoms with E-state index in [1.165, 1.54) is 0 Å². The first-order chi connectivity index (χ1) is 9.10. The standard InChI is InChI=1S/C13H14N2O4/c1-6-11(15-2-3-15)13(19)10-9(12(6)18)7(4-16)8(5-17)14-10/h14,16-17H,2-5H2,1H3. The van der Waals surface area contributed by atoms with Crippen LogP contribution in [0.5, 0.6) is 0 Å². The van der Waals surface area contributed by atoms with Crippen molar-refractivity contribution in [1.29, 1.82) is 0 Å². The third-order valence-electron chi connectivity index (χ3n) is 3.64. The monoisotopic (exact) mass is 262 g/mol. The number of allylic oxidation sites excluding steroid dienone is 2. The Hall–Kier alpha value is -1.92. The van der Waals surface area contributed by atoms with E-state index in [0.717, 1.165) is 13.1 Å². The van der Waals surface area contributed by atoms with Crippen LogP contribution in [0.15, 0.2) is 11.3 Å². The molecular formula is C13H14N2O4. The number of aliphatic hydroxyl groups is 2. The van der Waals surface area contributed by atoms with Gasteiger partial charge in [0.1, 0.15) is 5.69 Å². The predicted molar refractivity (Wildman–Crippen MR) is 65.6 cm³/mol. The van der Waals surface area contributed by atoms with Gasteiger partial charge >= 0.3 is 0 Å². The second-order valence-electron chi connectivity index (χ2n) is 4.77. The van der Waals surface area contributed by atoms with E-state index in [4.69, 9.17) is 0 Å². The molecule has 1 fully saturated rings. The van der Waals surface area contributed by atoms with Crippen LogP contribution in [0, 0.1) is 0 Å². The molecule has 1 saturated heterocycles. The Kier molecular flexibility index (Phi) is 2.58. The fourth-order valence-corrected chi connectivity index (χ4v) is 2.56. The normalized spacial score (nSPS) is 18.2. The summed E-state index contributed by atoms with van der Waals surface area (Å²) < 4.78 is 0. The van der Waals surface area contributed by atoms with Crippen LogP contribution >= 0.6 is 0 Å². The van der Waals surface area contributed by atoms with Gasteiger partial charge in [-0.15, -0.1) is 0 Å². The first kappa shape index (κ1) is 12.1. The summed E-state index contributed by atoms with van der Waals surface area (Å²) in [6.07, 6.45) is 0. The minimum absolute atomic E-state index is 0.186. The van der Waals surface area contributed by atoms with Gasteiger partial charge in [-0.2, -0.15) is 0 Å². The van der Waals surface area contributed by atoms with Crippen molar-refractivity contribution >= 4 is 11.6 Å². The van der Waals surface area contributed by atoms with Gasteiger partial charge in [0.15, 0.2) is 5.78 Å². The Morgan fingerprint density at radius 1 is 1.16 bits per heavy atom. The summed E-state index contributed by atoms with van der Waals surface area (Å²) in [6, 6.07) is 0. The molecule has 0 radical (unpaired) electrons. The van der Waals surface area contributed by atoms with Crippen molar-refractivity contribution in [2.75, 3.05) is 13.1 Å². The van der Waals surface area contributed by atoms with Gasteiger partial charge in [-0.25, -0.2) is 0 Å². The molecule has 0 aromatic carbocycles. The number of nitrogens with one attached hydrogen (secondary N) is 1. The molecule has 0 amide bonds. The van der Waals surface area contributed by atoms with Crippen LogP contribution in [-0.4, -0.2) is 44.8 Å². The van der Waals surface area contributed by atoms with Crippen molar-refractivity contribution in [3.63, 3.8) is 0 Å². The third kappa shape index (κ3) is 1.57. The molecule has 3 rings (SSSR count). The number of Topliss-reactive ketones (excluding diaryl/α,β-unsaturated/α-hetero) is 2. The average Bonchev–Trinajstić information content (AvgIpc) is 3.15. The Morgan fingerprint density at radius 2 is 1.84 bits per heavy atom. The molecular weight excluding hydrogens is 248 g/mol. The molecule has 2 aliphatic rings. The van der Waals surface area contributed by atoms with E-state index < -0.39 is 0 Å². The first-order valence-electron chi connectivity index (χ1n) is 6.10. The molecule has 0 bridgehead atoms. The summed E-state index contributed by atoms with van der Waals surface area (Å²) in [5.74, 6) is -0.490. The maximum atomic E-state index is 12.4. The summed E-state index contributed by atoms with van der Waals surface area (Å²) in [7, 11) is 0. The molecule has 1 aromatic heterocycles. The maximum absolute atomic E-state index is 12.4. The third-order valence-corrected chi connectivity index (χ3v) is 3.64. The van der Waals surface area contributed by atoms with Gasteiger partial charge in [0.2, 0.25) is 5.78 Å². The van der Waals surface area contributed by atoms with E-state index >= 15 is 0 Å². The number of hydrogen-bond acceptors (Lipinski definition) is 5. The number of aliphatic hydroxyl groups excluding tert-OH is 2. The zero-order chi connectivity index (χ0) is 13.7. The molecule has 2 heterocycles. The van der Waals surface area contributed by atoms with Gasteiger partial charge in [0.05, 0.1) is 24.5 Å². The Balaban J connectivity index is 2.21. The van der Waals surface area contributed by atoms with Crippen LogP contribution in [0.1, 0.15) is 39.0 Å². The number of ketones is 2. The minimum atomic E-state index is -0.382. The number of carbonyl (C=O) groups excluding carboxylic acids is 2. The number of hydrogen-bond donors (Lipinski definition) is 3. The molecule has 0 atom stereocenters. The second-order valence-corrected chi connectivity index (χ2v) is 4.77. The fraction of sp³-hybridized carbons (Fsp3) is 0.385. The SMILES string of the molecule is CC1=C(N2CC2)C(=O)c2[nH]c(CO)c(CO)c2C1=O. The molecule has 1 aliphatic heterocycles. The molecule has 6 nitrogen and oxygen atoms in total. The molecule has 1 aliphatic carbocycles. The Labute approximate surface area is 109 Å². The molecule has 6 heteroatoms. The molecule has 3 N–H and O–H groups in total. The summed E-state index contributed by atoms with van der Waals surface area (Å²) in [5.41, 5.74) is 1.89. The van der Waals surface area contributed by atoms with Crippen LogP contribution in [0.4, 0.5) is 0 Å². The van der Waals surface area contributed by atoms with Crippen LogP contribution in [0.3, 0.4) is 0 Å². The lowest BCUT2D eigenvalue weighted by Crippen LogP contribution is -2.25. The van der Waals surface area contributed by atoms with Gasteiger partial charge in [0.25, 0.3) is 0 Å². The fourth-order valence-electron chi connectivity index (χ4n) is 2.56. The van der Waals surface area contributed by atoms with Crippen LogP contribution in [0.25, 0.3) is 0 Å². The largest absolute Gasteiger partial charge is 0.392 e. The minimum Gasteiger partial charge on any atom is -0.392 e. The van der Waals surface area contributed by atoms with Gasteiger partial charge in [0, 0.05) is 29.9 Å². The van der Waals surface area contributed by atoms with Gasteiger partial charge < -0.3 is 20.1 Å². The van der Waals surface area contributed by atoms with E-state index in [2.05, 4.69) is 4.98 Å². The summed E-state index contributed by atoms with van der Waals surface area (Å²) in [6.45, 7) is 2.46. The van der Waals surface area contributed by atoms with Crippen molar-refractivity contribution in [2.45, 2.75) is 20.1 Å². The van der Waals surface area contributed by atoms with E-state index in [0.29, 0.717) is 22.5 Å². The second kappa shape index (κ2) is 4.04. The topological polar surface area (TPSA) is 93.4 Å². The molecule has 100 valence electrons. The van der Waals surface area contributed by atoms with Crippen molar-refractivity contribution in [1.82, 2.24) is 9.88 Å². The zero-order valence-electron chi connectivity index (χ0n) is 10.5. The summed E-state index contributed by atoms with van der Waals surface area (Å²) >= 11 is 0. The smallest absolute Gasteiger partial charge is 0.226 e. The van der Waals surface area contributed by atoms with Crippen molar-refractivity contribution < 1.29 is 19.8 Å². The molecule has 0 unspecified atom stereocenters. The summed E-state index contributed by atoms with van der Waals surface area (Å²) in [5, 5.41) is 18.6. The number of rotatable bonds is 3. The number of aromatic nitrogens is 1. The highest BCUT2D eigenvalue weighted by atomic mass is 16.3. The number of nitrogens with zero attached hydrogens (tertiary/aromatic N) is 1. The molecule has 1 aromatic rings. The highest BCUT2D eigenvalue weighted by Crippen LogP contribution is 2.33. The van der Waals surface area contributed by atoms with Crippen molar-refractivity contribution in [3.05, 3.63) is 33.8 Å². The Bertz CT molecular complexity index is 623. The molecule has 0 saturated carbocycles. The number of carbonyl (C=O) groups is 2. The van der Waals surface area contributed by atoms with Crippen LogP contribution < -0.4 is 0 Å². The highest BCUT2D eigenvalue weighted by Gasteiger charge is 2.39. The van der Waals surface area contributed by atoms with Crippen LogP contribution in [-0.2, 0) is 13.2 Å². The Morgan fingerprint density at radius 3 is 2.37 bits per heavy atom. The number of H-pyrrole nitrogens is 1. The first-order valence-corrected chi connectivity index (χ1v) is 6.10. The van der Waals surface area contributed by atoms with E-state index in [1.807, 2.05) is 4.90 Å². The van der Waals surface area contributed by atoms with E-state index in [1.54, 1.807) is 6.92 Å². The quantitative estimate of drug-likeness (QED) is 0.665. The summed E-state index contributed by atoms with van der Waals surface area (Å²) in [4.78, 5) is 29.4. The van der Waals surface area contributed by atoms with E-state index in [-0.39, 0.29) is 36.0 Å².